The van der Waals surface area contributed by atoms with Crippen molar-refractivity contribution in [3.05, 3.63) is 53.7 Å². The third-order valence-electron chi connectivity index (χ3n) is 2.27. The van der Waals surface area contributed by atoms with Crippen molar-refractivity contribution in [2.24, 2.45) is 0 Å². The summed E-state index contributed by atoms with van der Waals surface area (Å²) in [5.74, 6) is 0.911. The number of nitrogens with one attached hydrogen (secondary N) is 1. The van der Waals surface area contributed by atoms with E-state index in [2.05, 4.69) is 5.32 Å². The van der Waals surface area contributed by atoms with Gasteiger partial charge in [0.05, 0.1) is 6.26 Å². The molecule has 0 aliphatic heterocycles. The lowest BCUT2D eigenvalue weighted by atomic mass is 10.3. The molecule has 2 aromatic rings. The van der Waals surface area contributed by atoms with Crippen LogP contribution in [0.5, 0.6) is 5.75 Å². The molecule has 1 N–H and O–H groups in total. The highest BCUT2D eigenvalue weighted by Crippen LogP contribution is 2.15. The summed E-state index contributed by atoms with van der Waals surface area (Å²) < 4.78 is 23.6. The van der Waals surface area contributed by atoms with Gasteiger partial charge in [0.1, 0.15) is 23.9 Å². The van der Waals surface area contributed by atoms with E-state index in [1.807, 2.05) is 13.1 Å². The summed E-state index contributed by atoms with van der Waals surface area (Å²) in [6, 6.07) is 7.96. The number of halogens is 1. The molecule has 0 unspecified atom stereocenters. The molecule has 0 amide bonds. The van der Waals surface area contributed by atoms with Crippen LogP contribution in [0.4, 0.5) is 4.39 Å². The first-order chi connectivity index (χ1) is 8.28. The van der Waals surface area contributed by atoms with E-state index in [4.69, 9.17) is 9.15 Å². The van der Waals surface area contributed by atoms with Crippen LogP contribution in [0.3, 0.4) is 0 Å². The van der Waals surface area contributed by atoms with Crippen LogP contribution < -0.4 is 10.1 Å². The maximum Gasteiger partial charge on any atom is 0.146 e. The van der Waals surface area contributed by atoms with Gasteiger partial charge in [-0.1, -0.05) is 6.07 Å². The maximum absolute atomic E-state index is 12.9. The Labute approximate surface area is 99.2 Å². The van der Waals surface area contributed by atoms with Gasteiger partial charge in [0.2, 0.25) is 0 Å². The van der Waals surface area contributed by atoms with Crippen molar-refractivity contribution in [2.45, 2.75) is 13.2 Å². The standard InChI is InChI=1S/C13H14FNO2/c1-15-7-10-5-13(16-8-10)9-17-12-4-2-3-11(14)6-12/h2-6,8,15H,7,9H2,1H3. The Balaban J connectivity index is 1.93. The molecule has 3 nitrogen and oxygen atoms in total. The fourth-order valence-electron chi connectivity index (χ4n) is 1.51. The summed E-state index contributed by atoms with van der Waals surface area (Å²) in [5, 5.41) is 3.03. The fraction of sp³-hybridized carbons (Fsp3) is 0.231. The normalized spacial score (nSPS) is 10.5. The lowest BCUT2D eigenvalue weighted by Gasteiger charge is -2.03. The van der Waals surface area contributed by atoms with E-state index in [0.717, 1.165) is 17.9 Å². The molecule has 0 aliphatic carbocycles. The van der Waals surface area contributed by atoms with E-state index in [0.29, 0.717) is 12.4 Å². The van der Waals surface area contributed by atoms with E-state index in [1.54, 1.807) is 18.4 Å². The van der Waals surface area contributed by atoms with Gasteiger partial charge in [-0.25, -0.2) is 4.39 Å². The van der Waals surface area contributed by atoms with Gasteiger partial charge in [0, 0.05) is 18.2 Å². The molecule has 4 heteroatoms. The minimum atomic E-state index is -0.308. The average molecular weight is 235 g/mol. The number of benzene rings is 1. The highest BCUT2D eigenvalue weighted by Gasteiger charge is 2.02. The van der Waals surface area contributed by atoms with Crippen molar-refractivity contribution in [1.82, 2.24) is 5.32 Å². The van der Waals surface area contributed by atoms with Gasteiger partial charge in [-0.3, -0.25) is 0 Å². The molecule has 0 aliphatic rings. The Morgan fingerprint density at radius 2 is 2.24 bits per heavy atom. The zero-order valence-corrected chi connectivity index (χ0v) is 9.57. The lowest BCUT2D eigenvalue weighted by Crippen LogP contribution is -2.03. The second kappa shape index (κ2) is 5.50. The van der Waals surface area contributed by atoms with Crippen LogP contribution in [0.25, 0.3) is 0 Å². The fourth-order valence-corrected chi connectivity index (χ4v) is 1.51. The van der Waals surface area contributed by atoms with Gasteiger partial charge in [-0.15, -0.1) is 0 Å². The summed E-state index contributed by atoms with van der Waals surface area (Å²) in [4.78, 5) is 0. The topological polar surface area (TPSA) is 34.4 Å². The number of rotatable bonds is 5. The largest absolute Gasteiger partial charge is 0.486 e. The second-order valence-electron chi connectivity index (χ2n) is 3.70. The zero-order valence-electron chi connectivity index (χ0n) is 9.57. The molecule has 2 rings (SSSR count). The summed E-state index contributed by atoms with van der Waals surface area (Å²) in [6.07, 6.45) is 1.68. The van der Waals surface area contributed by atoms with Crippen molar-refractivity contribution in [2.75, 3.05) is 7.05 Å². The molecule has 1 aromatic heterocycles. The first-order valence-electron chi connectivity index (χ1n) is 5.37. The molecule has 17 heavy (non-hydrogen) atoms. The number of furan rings is 1. The third kappa shape index (κ3) is 3.32. The van der Waals surface area contributed by atoms with Gasteiger partial charge in [0.25, 0.3) is 0 Å². The maximum atomic E-state index is 12.9. The van der Waals surface area contributed by atoms with Gasteiger partial charge in [-0.05, 0) is 25.2 Å². The van der Waals surface area contributed by atoms with E-state index in [1.165, 1.54) is 12.1 Å². The first-order valence-corrected chi connectivity index (χ1v) is 5.37. The Bertz CT molecular complexity index is 482. The zero-order chi connectivity index (χ0) is 12.1. The third-order valence-corrected chi connectivity index (χ3v) is 2.27. The summed E-state index contributed by atoms with van der Waals surface area (Å²) in [7, 11) is 1.87. The van der Waals surface area contributed by atoms with Gasteiger partial charge in [-0.2, -0.15) is 0 Å². The predicted molar refractivity (Wildman–Crippen MR) is 62.2 cm³/mol. The van der Waals surface area contributed by atoms with Crippen LogP contribution >= 0.6 is 0 Å². The Hall–Kier alpha value is -1.81. The van der Waals surface area contributed by atoms with E-state index in [-0.39, 0.29) is 5.82 Å². The van der Waals surface area contributed by atoms with Crippen LogP contribution in [0, 0.1) is 5.82 Å². The highest BCUT2D eigenvalue weighted by molar-refractivity contribution is 5.22. The summed E-state index contributed by atoms with van der Waals surface area (Å²) in [5.41, 5.74) is 1.06. The molecule has 0 atom stereocenters. The van der Waals surface area contributed by atoms with Crippen molar-refractivity contribution >= 4 is 0 Å². The number of ether oxygens (including phenoxy) is 1. The van der Waals surface area contributed by atoms with Crippen molar-refractivity contribution in [3.63, 3.8) is 0 Å². The molecule has 0 saturated carbocycles. The SMILES string of the molecule is CNCc1coc(COc2cccc(F)c2)c1. The molecule has 0 spiro atoms. The molecule has 0 fully saturated rings. The van der Waals surface area contributed by atoms with Crippen molar-refractivity contribution < 1.29 is 13.5 Å². The van der Waals surface area contributed by atoms with Crippen molar-refractivity contribution in [3.8, 4) is 5.75 Å². The van der Waals surface area contributed by atoms with Crippen LogP contribution in [-0.2, 0) is 13.2 Å². The average Bonchev–Trinajstić information content (AvgIpc) is 2.75. The van der Waals surface area contributed by atoms with E-state index < -0.39 is 0 Å². The number of hydrogen-bond acceptors (Lipinski definition) is 3. The lowest BCUT2D eigenvalue weighted by molar-refractivity contribution is 0.269. The second-order valence-corrected chi connectivity index (χ2v) is 3.70. The van der Waals surface area contributed by atoms with Gasteiger partial charge >= 0.3 is 0 Å². The minimum absolute atomic E-state index is 0.299. The van der Waals surface area contributed by atoms with Crippen LogP contribution in [0.1, 0.15) is 11.3 Å². The van der Waals surface area contributed by atoms with E-state index in [9.17, 15) is 4.39 Å². The molecule has 1 aromatic carbocycles. The first kappa shape index (κ1) is 11.7. The summed E-state index contributed by atoms with van der Waals surface area (Å²) >= 11 is 0. The monoisotopic (exact) mass is 235 g/mol. The quantitative estimate of drug-likeness (QED) is 0.865. The molecule has 90 valence electrons. The Morgan fingerprint density at radius 3 is 3.00 bits per heavy atom. The van der Waals surface area contributed by atoms with Crippen LogP contribution in [0.2, 0.25) is 0 Å². The predicted octanol–water partition coefficient (Wildman–Crippen LogP) is 2.72. The van der Waals surface area contributed by atoms with Crippen LogP contribution in [-0.4, -0.2) is 7.05 Å². The Morgan fingerprint density at radius 1 is 1.35 bits per heavy atom. The molecular weight excluding hydrogens is 221 g/mol. The highest BCUT2D eigenvalue weighted by atomic mass is 19.1. The molecular formula is C13H14FNO2. The summed E-state index contributed by atoms with van der Waals surface area (Å²) in [6.45, 7) is 1.05. The van der Waals surface area contributed by atoms with E-state index >= 15 is 0 Å². The van der Waals surface area contributed by atoms with Crippen molar-refractivity contribution in [1.29, 1.82) is 0 Å². The molecule has 1 heterocycles. The van der Waals surface area contributed by atoms with Gasteiger partial charge < -0.3 is 14.5 Å². The minimum Gasteiger partial charge on any atom is -0.486 e. The van der Waals surface area contributed by atoms with Gasteiger partial charge in [0.15, 0.2) is 0 Å². The smallest absolute Gasteiger partial charge is 0.146 e. The van der Waals surface area contributed by atoms with Crippen LogP contribution in [0.15, 0.2) is 41.0 Å². The number of hydrogen-bond donors (Lipinski definition) is 1. The Kier molecular flexibility index (Phi) is 3.77. The molecule has 0 bridgehead atoms. The molecule has 0 radical (unpaired) electrons. The molecule has 0 saturated heterocycles.